The van der Waals surface area contributed by atoms with Gasteiger partial charge >= 0.3 is 0 Å². The molecular formula is C20H29N3O2. The zero-order chi connectivity index (χ0) is 18.1. The third kappa shape index (κ3) is 3.87. The van der Waals surface area contributed by atoms with Crippen LogP contribution in [-0.2, 0) is 16.1 Å². The average Bonchev–Trinajstić information content (AvgIpc) is 3.13. The van der Waals surface area contributed by atoms with Gasteiger partial charge in [-0.2, -0.15) is 0 Å². The number of amides is 2. The van der Waals surface area contributed by atoms with Crippen LogP contribution < -0.4 is 10.6 Å². The Hall–Kier alpha value is -1.88. The van der Waals surface area contributed by atoms with Crippen molar-refractivity contribution < 1.29 is 9.59 Å². The maximum atomic E-state index is 12.6. The van der Waals surface area contributed by atoms with E-state index < -0.39 is 11.5 Å². The molecule has 5 nitrogen and oxygen atoms in total. The number of benzene rings is 1. The summed E-state index contributed by atoms with van der Waals surface area (Å²) in [5.74, 6) is -0.0175. The minimum atomic E-state index is -0.410. The van der Waals surface area contributed by atoms with Crippen LogP contribution in [0.3, 0.4) is 0 Å². The van der Waals surface area contributed by atoms with E-state index >= 15 is 0 Å². The van der Waals surface area contributed by atoms with Crippen molar-refractivity contribution in [2.24, 2.45) is 5.41 Å². The zero-order valence-corrected chi connectivity index (χ0v) is 15.5. The largest absolute Gasteiger partial charge is 0.349 e. The van der Waals surface area contributed by atoms with Crippen LogP contribution in [0.2, 0.25) is 0 Å². The number of nitrogens with one attached hydrogen (secondary N) is 2. The lowest BCUT2D eigenvalue weighted by Crippen LogP contribution is -2.50. The molecule has 0 saturated carbocycles. The third-order valence-corrected chi connectivity index (χ3v) is 5.73. The quantitative estimate of drug-likeness (QED) is 0.860. The minimum Gasteiger partial charge on any atom is -0.349 e. The fourth-order valence-corrected chi connectivity index (χ4v) is 3.80. The van der Waals surface area contributed by atoms with Crippen molar-refractivity contribution in [1.82, 2.24) is 15.5 Å². The smallest absolute Gasteiger partial charge is 0.243 e. The fraction of sp³-hybridized carbons (Fsp3) is 0.600. The molecule has 1 aromatic carbocycles. The number of nitrogens with zero attached hydrogens (tertiary/aromatic N) is 1. The van der Waals surface area contributed by atoms with Gasteiger partial charge in [0.15, 0.2) is 0 Å². The van der Waals surface area contributed by atoms with Gasteiger partial charge in [-0.25, -0.2) is 0 Å². The van der Waals surface area contributed by atoms with Gasteiger partial charge in [0.05, 0.1) is 5.41 Å². The van der Waals surface area contributed by atoms with Crippen LogP contribution in [0.5, 0.6) is 0 Å². The van der Waals surface area contributed by atoms with Crippen LogP contribution in [0, 0.1) is 5.41 Å². The number of rotatable bonds is 5. The van der Waals surface area contributed by atoms with E-state index in [2.05, 4.69) is 27.7 Å². The summed E-state index contributed by atoms with van der Waals surface area (Å²) in [5, 5.41) is 6.00. The second-order valence-electron chi connectivity index (χ2n) is 8.18. The van der Waals surface area contributed by atoms with Crippen LogP contribution in [0.15, 0.2) is 30.3 Å². The van der Waals surface area contributed by atoms with E-state index in [9.17, 15) is 9.59 Å². The summed E-state index contributed by atoms with van der Waals surface area (Å²) in [7, 11) is 0. The summed E-state index contributed by atoms with van der Waals surface area (Å²) in [5.41, 5.74) is 0.608. The highest BCUT2D eigenvalue weighted by molar-refractivity contribution is 5.94. The van der Waals surface area contributed by atoms with Crippen LogP contribution in [-0.4, -0.2) is 41.4 Å². The van der Waals surface area contributed by atoms with E-state index in [1.807, 2.05) is 39.0 Å². The number of hydrogen-bond acceptors (Lipinski definition) is 3. The summed E-state index contributed by atoms with van der Waals surface area (Å²) in [6, 6.07) is 9.92. The molecule has 2 heterocycles. The summed E-state index contributed by atoms with van der Waals surface area (Å²) in [6.07, 6.45) is 2.28. The molecule has 2 fully saturated rings. The molecule has 2 aliphatic rings. The summed E-state index contributed by atoms with van der Waals surface area (Å²) < 4.78 is 0. The molecule has 25 heavy (non-hydrogen) atoms. The standard InChI is InChI=1S/C20H29N3O2/c1-4-19(2,3)22-17(24)16-12-20(18(25)21-16)10-11-23(14-20)13-15-8-6-5-7-9-15/h5-9,16H,4,10-14H2,1-3H3,(H,21,25)(H,22,24)/t16-,20+/m0/s1. The molecule has 1 aromatic rings. The SMILES string of the molecule is CCC(C)(C)NC(=O)[C@@H]1C[C@@]2(CCN(Cc3ccccc3)C2)C(=O)N1. The summed E-state index contributed by atoms with van der Waals surface area (Å²) in [4.78, 5) is 27.5. The molecule has 0 unspecified atom stereocenters. The topological polar surface area (TPSA) is 61.4 Å². The first-order valence-electron chi connectivity index (χ1n) is 9.23. The first-order chi connectivity index (χ1) is 11.8. The highest BCUT2D eigenvalue weighted by Gasteiger charge is 2.52. The lowest BCUT2D eigenvalue weighted by atomic mass is 9.83. The number of carbonyl (C=O) groups is 2. The molecule has 1 spiro atoms. The average molecular weight is 343 g/mol. The van der Waals surface area contributed by atoms with Gasteiger partial charge in [0.25, 0.3) is 0 Å². The van der Waals surface area contributed by atoms with Crippen molar-refractivity contribution in [3.05, 3.63) is 35.9 Å². The molecule has 0 radical (unpaired) electrons. The van der Waals surface area contributed by atoms with Gasteiger partial charge in [-0.3, -0.25) is 14.5 Å². The highest BCUT2D eigenvalue weighted by atomic mass is 16.2. The second-order valence-corrected chi connectivity index (χ2v) is 8.18. The molecule has 5 heteroatoms. The third-order valence-electron chi connectivity index (χ3n) is 5.73. The van der Waals surface area contributed by atoms with Gasteiger partial charge in [0, 0.05) is 18.6 Å². The molecule has 0 bridgehead atoms. The Kier molecular flexibility index (Phi) is 4.87. The van der Waals surface area contributed by atoms with E-state index in [0.717, 1.165) is 32.5 Å². The van der Waals surface area contributed by atoms with E-state index in [1.165, 1.54) is 5.56 Å². The Morgan fingerprint density at radius 2 is 2.08 bits per heavy atom. The Morgan fingerprint density at radius 1 is 1.36 bits per heavy atom. The van der Waals surface area contributed by atoms with Crippen molar-refractivity contribution in [3.63, 3.8) is 0 Å². The first kappa shape index (κ1) is 17.9. The van der Waals surface area contributed by atoms with Gasteiger partial charge < -0.3 is 10.6 Å². The maximum Gasteiger partial charge on any atom is 0.243 e. The fourth-order valence-electron chi connectivity index (χ4n) is 3.80. The molecule has 2 N–H and O–H groups in total. The highest BCUT2D eigenvalue weighted by Crippen LogP contribution is 2.40. The Bertz CT molecular complexity index is 644. The van der Waals surface area contributed by atoms with Crippen molar-refractivity contribution in [2.45, 2.75) is 58.2 Å². The van der Waals surface area contributed by atoms with Crippen molar-refractivity contribution in [1.29, 1.82) is 0 Å². The molecule has 2 saturated heterocycles. The summed E-state index contributed by atoms with van der Waals surface area (Å²) in [6.45, 7) is 8.55. The molecule has 136 valence electrons. The van der Waals surface area contributed by atoms with E-state index in [1.54, 1.807) is 0 Å². The molecule has 0 aromatic heterocycles. The van der Waals surface area contributed by atoms with Gasteiger partial charge in [0.1, 0.15) is 6.04 Å². The van der Waals surface area contributed by atoms with Crippen LogP contribution >= 0.6 is 0 Å². The predicted octanol–water partition coefficient (Wildman–Crippen LogP) is 2.07. The van der Waals surface area contributed by atoms with Gasteiger partial charge in [0.2, 0.25) is 11.8 Å². The molecule has 2 amide bonds. The first-order valence-corrected chi connectivity index (χ1v) is 9.23. The Morgan fingerprint density at radius 3 is 2.76 bits per heavy atom. The van der Waals surface area contributed by atoms with Crippen LogP contribution in [0.1, 0.15) is 45.6 Å². The van der Waals surface area contributed by atoms with Crippen LogP contribution in [0.25, 0.3) is 0 Å². The Labute approximate surface area is 150 Å². The predicted molar refractivity (Wildman–Crippen MR) is 97.8 cm³/mol. The lowest BCUT2D eigenvalue weighted by molar-refractivity contribution is -0.129. The van der Waals surface area contributed by atoms with Crippen molar-refractivity contribution in [2.75, 3.05) is 13.1 Å². The van der Waals surface area contributed by atoms with E-state index in [0.29, 0.717) is 6.42 Å². The normalized spacial score (nSPS) is 26.8. The number of likely N-dealkylation sites (tertiary alicyclic amines) is 1. The minimum absolute atomic E-state index is 0.0394. The van der Waals surface area contributed by atoms with Crippen LogP contribution in [0.4, 0.5) is 0 Å². The summed E-state index contributed by atoms with van der Waals surface area (Å²) >= 11 is 0. The van der Waals surface area contributed by atoms with E-state index in [-0.39, 0.29) is 17.4 Å². The second kappa shape index (κ2) is 6.79. The van der Waals surface area contributed by atoms with Crippen molar-refractivity contribution >= 4 is 11.8 Å². The number of hydrogen-bond donors (Lipinski definition) is 2. The maximum absolute atomic E-state index is 12.6. The molecule has 2 aliphatic heterocycles. The monoisotopic (exact) mass is 343 g/mol. The van der Waals surface area contributed by atoms with Gasteiger partial charge in [-0.05, 0) is 45.2 Å². The van der Waals surface area contributed by atoms with E-state index in [4.69, 9.17) is 0 Å². The zero-order valence-electron chi connectivity index (χ0n) is 15.5. The number of carbonyl (C=O) groups excluding carboxylic acids is 2. The van der Waals surface area contributed by atoms with Gasteiger partial charge in [-0.15, -0.1) is 0 Å². The molecule has 3 rings (SSSR count). The molecule has 2 atom stereocenters. The molecule has 0 aliphatic carbocycles. The molecular weight excluding hydrogens is 314 g/mol. The lowest BCUT2D eigenvalue weighted by Gasteiger charge is -2.26. The Balaban J connectivity index is 1.62. The van der Waals surface area contributed by atoms with Gasteiger partial charge in [-0.1, -0.05) is 37.3 Å². The van der Waals surface area contributed by atoms with Crippen molar-refractivity contribution in [3.8, 4) is 0 Å².